The summed E-state index contributed by atoms with van der Waals surface area (Å²) in [5, 5.41) is 0. The van der Waals surface area contributed by atoms with E-state index in [1.54, 1.807) is 0 Å². The van der Waals surface area contributed by atoms with Crippen LogP contribution in [0.4, 0.5) is 0 Å². The van der Waals surface area contributed by atoms with Crippen LogP contribution in [0.1, 0.15) is 0 Å². The first-order valence-electron chi connectivity index (χ1n) is 3.64. The molecular weight excluding hydrogens is 145 g/mol. The predicted molar refractivity (Wildman–Crippen MR) is 46.8 cm³/mol. The molecule has 0 bridgehead atoms. The second kappa shape index (κ2) is 3.63. The molecule has 4 heteroatoms. The van der Waals surface area contributed by atoms with Crippen molar-refractivity contribution in [2.45, 2.75) is 6.04 Å². The summed E-state index contributed by atoms with van der Waals surface area (Å²) in [5.74, 6) is 0. The second-order valence-electron chi connectivity index (χ2n) is 2.89. The molecule has 2 atom stereocenters. The lowest BCUT2D eigenvalue weighted by Crippen LogP contribution is -2.50. The van der Waals surface area contributed by atoms with Gasteiger partial charge in [-0.2, -0.15) is 0 Å². The third-order valence-electron chi connectivity index (χ3n) is 2.00. The summed E-state index contributed by atoms with van der Waals surface area (Å²) in [6.07, 6.45) is 0. The van der Waals surface area contributed by atoms with E-state index in [0.717, 1.165) is 26.2 Å². The lowest BCUT2D eigenvalue weighted by molar-refractivity contribution is 0.173. The Morgan fingerprint density at radius 3 is 2.80 bits per heavy atom. The van der Waals surface area contributed by atoms with Gasteiger partial charge in [-0.25, -0.2) is 0 Å². The zero-order valence-corrected chi connectivity index (χ0v) is 7.61. The SMILES string of the molecule is CN1CCN(P)C(CN)C1. The molecular formula is C6H16N3P. The van der Waals surface area contributed by atoms with Crippen LogP contribution in [0.2, 0.25) is 0 Å². The summed E-state index contributed by atoms with van der Waals surface area (Å²) >= 11 is 0. The van der Waals surface area contributed by atoms with Crippen LogP contribution < -0.4 is 5.73 Å². The highest BCUT2D eigenvalue weighted by molar-refractivity contribution is 7.13. The number of likely N-dealkylation sites (N-methyl/N-ethyl adjacent to an activating group) is 1. The van der Waals surface area contributed by atoms with Crippen molar-refractivity contribution in [2.24, 2.45) is 5.73 Å². The standard InChI is InChI=1S/C6H16N3P/c1-8-2-3-9(10)6(4-7)5-8/h6H,2-5,7,10H2,1H3. The van der Waals surface area contributed by atoms with E-state index < -0.39 is 0 Å². The van der Waals surface area contributed by atoms with Crippen LogP contribution in [0, 0.1) is 0 Å². The minimum absolute atomic E-state index is 0.531. The van der Waals surface area contributed by atoms with Crippen molar-refractivity contribution in [1.29, 1.82) is 0 Å². The minimum atomic E-state index is 0.531. The molecule has 0 spiro atoms. The van der Waals surface area contributed by atoms with Crippen molar-refractivity contribution in [3.8, 4) is 0 Å². The Morgan fingerprint density at radius 2 is 2.30 bits per heavy atom. The molecule has 0 saturated carbocycles. The maximum absolute atomic E-state index is 5.57. The van der Waals surface area contributed by atoms with Gasteiger partial charge in [0, 0.05) is 32.2 Å². The van der Waals surface area contributed by atoms with Crippen LogP contribution in [0.5, 0.6) is 0 Å². The molecule has 2 unspecified atom stereocenters. The number of nitrogens with two attached hydrogens (primary N) is 1. The molecule has 2 N–H and O–H groups in total. The number of hydrogen-bond donors (Lipinski definition) is 1. The van der Waals surface area contributed by atoms with E-state index in [1.807, 2.05) is 0 Å². The average molecular weight is 161 g/mol. The summed E-state index contributed by atoms with van der Waals surface area (Å²) < 4.78 is 2.25. The molecule has 0 aromatic carbocycles. The van der Waals surface area contributed by atoms with Crippen molar-refractivity contribution in [2.75, 3.05) is 33.2 Å². The quantitative estimate of drug-likeness (QED) is 0.519. The van der Waals surface area contributed by atoms with Gasteiger partial charge in [0.1, 0.15) is 0 Å². The molecule has 1 aliphatic rings. The van der Waals surface area contributed by atoms with Gasteiger partial charge < -0.3 is 10.6 Å². The van der Waals surface area contributed by atoms with E-state index in [9.17, 15) is 0 Å². The number of nitrogens with zero attached hydrogens (tertiary/aromatic N) is 2. The van der Waals surface area contributed by atoms with Gasteiger partial charge in [0.15, 0.2) is 0 Å². The van der Waals surface area contributed by atoms with E-state index in [-0.39, 0.29) is 0 Å². The Bertz CT molecular complexity index is 109. The minimum Gasteiger partial charge on any atom is -0.329 e. The summed E-state index contributed by atoms with van der Waals surface area (Å²) in [5.41, 5.74) is 5.57. The Hall–Kier alpha value is 0.310. The fourth-order valence-corrected chi connectivity index (χ4v) is 1.57. The Morgan fingerprint density at radius 1 is 1.60 bits per heavy atom. The van der Waals surface area contributed by atoms with Gasteiger partial charge in [0.05, 0.1) is 0 Å². The van der Waals surface area contributed by atoms with E-state index >= 15 is 0 Å². The lowest BCUT2D eigenvalue weighted by atomic mass is 10.2. The number of rotatable bonds is 1. The van der Waals surface area contributed by atoms with E-state index in [2.05, 4.69) is 26.0 Å². The van der Waals surface area contributed by atoms with Crippen LogP contribution in [-0.4, -0.2) is 48.8 Å². The van der Waals surface area contributed by atoms with Gasteiger partial charge in [0.25, 0.3) is 0 Å². The van der Waals surface area contributed by atoms with Crippen LogP contribution in [0.25, 0.3) is 0 Å². The Labute approximate surface area is 64.8 Å². The number of hydrogen-bond acceptors (Lipinski definition) is 3. The highest BCUT2D eigenvalue weighted by atomic mass is 31.0. The van der Waals surface area contributed by atoms with Gasteiger partial charge in [0.2, 0.25) is 0 Å². The maximum atomic E-state index is 5.57. The van der Waals surface area contributed by atoms with Crippen molar-refractivity contribution in [3.63, 3.8) is 0 Å². The predicted octanol–water partition coefficient (Wildman–Crippen LogP) is -0.649. The molecule has 10 heavy (non-hydrogen) atoms. The van der Waals surface area contributed by atoms with E-state index in [0.29, 0.717) is 6.04 Å². The first-order valence-corrected chi connectivity index (χ1v) is 4.15. The molecule has 1 rings (SSSR count). The smallest absolute Gasteiger partial charge is 0.0380 e. The summed E-state index contributed by atoms with van der Waals surface area (Å²) in [6, 6.07) is 0.531. The average Bonchev–Trinajstić information content (AvgIpc) is 1.94. The fraction of sp³-hybridized carbons (Fsp3) is 1.00. The molecule has 60 valence electrons. The molecule has 1 fully saturated rings. The summed E-state index contributed by atoms with van der Waals surface area (Å²) in [6.45, 7) is 4.12. The van der Waals surface area contributed by atoms with Crippen LogP contribution >= 0.6 is 9.39 Å². The normalized spacial score (nSPS) is 30.9. The largest absolute Gasteiger partial charge is 0.329 e. The highest BCUT2D eigenvalue weighted by Gasteiger charge is 2.20. The van der Waals surface area contributed by atoms with Gasteiger partial charge in [-0.3, -0.25) is 4.67 Å². The lowest BCUT2D eigenvalue weighted by Gasteiger charge is -2.36. The third-order valence-corrected chi connectivity index (χ3v) is 2.68. The van der Waals surface area contributed by atoms with Gasteiger partial charge in [-0.1, -0.05) is 9.39 Å². The Balaban J connectivity index is 2.38. The molecule has 3 nitrogen and oxygen atoms in total. The van der Waals surface area contributed by atoms with Gasteiger partial charge in [-0.15, -0.1) is 0 Å². The molecule has 0 amide bonds. The molecule has 0 aromatic rings. The summed E-state index contributed by atoms with van der Waals surface area (Å²) in [4.78, 5) is 2.32. The zero-order valence-electron chi connectivity index (χ0n) is 6.45. The van der Waals surface area contributed by atoms with Crippen LogP contribution in [0.15, 0.2) is 0 Å². The maximum Gasteiger partial charge on any atom is 0.0380 e. The first-order chi connectivity index (χ1) is 4.74. The molecule has 0 radical (unpaired) electrons. The summed E-state index contributed by atoms with van der Waals surface area (Å²) in [7, 11) is 4.87. The Kier molecular flexibility index (Phi) is 3.05. The second-order valence-corrected chi connectivity index (χ2v) is 3.55. The van der Waals surface area contributed by atoms with Crippen LogP contribution in [-0.2, 0) is 0 Å². The van der Waals surface area contributed by atoms with Crippen molar-refractivity contribution in [1.82, 2.24) is 9.57 Å². The number of piperazine rings is 1. The van der Waals surface area contributed by atoms with Crippen molar-refractivity contribution >= 4 is 9.39 Å². The van der Waals surface area contributed by atoms with Crippen molar-refractivity contribution in [3.05, 3.63) is 0 Å². The third kappa shape index (κ3) is 1.89. The zero-order chi connectivity index (χ0) is 7.56. The van der Waals surface area contributed by atoms with Crippen molar-refractivity contribution < 1.29 is 0 Å². The van der Waals surface area contributed by atoms with E-state index in [1.165, 1.54) is 0 Å². The topological polar surface area (TPSA) is 32.5 Å². The molecule has 1 heterocycles. The molecule has 0 aromatic heterocycles. The monoisotopic (exact) mass is 161 g/mol. The fourth-order valence-electron chi connectivity index (χ4n) is 1.23. The molecule has 1 aliphatic heterocycles. The van der Waals surface area contributed by atoms with Gasteiger partial charge >= 0.3 is 0 Å². The molecule has 1 saturated heterocycles. The van der Waals surface area contributed by atoms with E-state index in [4.69, 9.17) is 5.73 Å². The van der Waals surface area contributed by atoms with Gasteiger partial charge in [-0.05, 0) is 7.05 Å². The first kappa shape index (κ1) is 8.41. The van der Waals surface area contributed by atoms with Crippen LogP contribution in [0.3, 0.4) is 0 Å². The highest BCUT2D eigenvalue weighted by Crippen LogP contribution is 2.11. The molecule has 0 aliphatic carbocycles.